The van der Waals surface area contributed by atoms with Crippen molar-refractivity contribution in [3.05, 3.63) is 42.5 Å². The summed E-state index contributed by atoms with van der Waals surface area (Å²) in [5.74, 6) is 0. The molecule has 0 aromatic heterocycles. The van der Waals surface area contributed by atoms with Crippen LogP contribution in [0.25, 0.3) is 10.8 Å². The molecule has 0 N–H and O–H groups in total. The normalized spacial score (nSPS) is 11.1. The number of rotatable bonds is 2. The van der Waals surface area contributed by atoms with Gasteiger partial charge in [0.25, 0.3) is 10.1 Å². The van der Waals surface area contributed by atoms with Crippen molar-refractivity contribution < 1.29 is 12.6 Å². The van der Waals surface area contributed by atoms with E-state index in [0.29, 0.717) is 5.39 Å². The Labute approximate surface area is 137 Å². The van der Waals surface area contributed by atoms with Crippen LogP contribution < -0.4 is 0 Å². The maximum absolute atomic E-state index is 11.6. The van der Waals surface area contributed by atoms with Gasteiger partial charge in [-0.2, -0.15) is 8.42 Å². The summed E-state index contributed by atoms with van der Waals surface area (Å²) >= 11 is 0. The van der Waals surface area contributed by atoms with Crippen LogP contribution in [0.5, 0.6) is 0 Å². The molecule has 16 heavy (non-hydrogen) atoms. The SMILES string of the molecule is COS(=O)(=O)c1cccc2ccccc12.[K]. The maximum Gasteiger partial charge on any atom is 0.297 e. The van der Waals surface area contributed by atoms with Gasteiger partial charge in [-0.15, -0.1) is 0 Å². The molecule has 0 atom stereocenters. The molecule has 0 aliphatic carbocycles. The summed E-state index contributed by atoms with van der Waals surface area (Å²) in [4.78, 5) is 0.211. The van der Waals surface area contributed by atoms with E-state index in [0.717, 1.165) is 12.5 Å². The molecule has 5 heteroatoms. The summed E-state index contributed by atoms with van der Waals surface area (Å²) < 4.78 is 27.7. The van der Waals surface area contributed by atoms with Gasteiger partial charge in [-0.1, -0.05) is 36.4 Å². The van der Waals surface area contributed by atoms with Crippen LogP contribution in [0.3, 0.4) is 0 Å². The molecule has 0 bridgehead atoms. The van der Waals surface area contributed by atoms with Crippen molar-refractivity contribution in [2.24, 2.45) is 0 Å². The van der Waals surface area contributed by atoms with Crippen LogP contribution in [0.2, 0.25) is 0 Å². The summed E-state index contributed by atoms with van der Waals surface area (Å²) in [7, 11) is -2.46. The fraction of sp³-hybridized carbons (Fsp3) is 0.0909. The second-order valence-corrected chi connectivity index (χ2v) is 4.78. The third-order valence-corrected chi connectivity index (χ3v) is 3.57. The van der Waals surface area contributed by atoms with Gasteiger partial charge in [0.1, 0.15) is 4.90 Å². The molecule has 79 valence electrons. The summed E-state index contributed by atoms with van der Waals surface area (Å²) in [5.41, 5.74) is 0. The molecule has 0 saturated carbocycles. The van der Waals surface area contributed by atoms with E-state index < -0.39 is 10.1 Å². The minimum atomic E-state index is -3.62. The van der Waals surface area contributed by atoms with Gasteiger partial charge in [-0.3, -0.25) is 4.18 Å². The Morgan fingerprint density at radius 3 is 2.31 bits per heavy atom. The van der Waals surface area contributed by atoms with Gasteiger partial charge in [-0.05, 0) is 11.5 Å². The third-order valence-electron chi connectivity index (χ3n) is 2.24. The molecule has 0 fully saturated rings. The van der Waals surface area contributed by atoms with Gasteiger partial charge in [0.2, 0.25) is 0 Å². The zero-order chi connectivity index (χ0) is 10.9. The monoisotopic (exact) mass is 261 g/mol. The van der Waals surface area contributed by atoms with Crippen molar-refractivity contribution in [1.82, 2.24) is 0 Å². The van der Waals surface area contributed by atoms with E-state index in [-0.39, 0.29) is 56.3 Å². The summed E-state index contributed by atoms with van der Waals surface area (Å²) in [5, 5.41) is 1.57. The number of hydrogen-bond donors (Lipinski definition) is 0. The van der Waals surface area contributed by atoms with Gasteiger partial charge in [0.15, 0.2) is 0 Å². The van der Waals surface area contributed by atoms with Gasteiger partial charge >= 0.3 is 0 Å². The molecule has 2 aromatic carbocycles. The number of benzene rings is 2. The average Bonchev–Trinajstić information content (AvgIpc) is 2.28. The topological polar surface area (TPSA) is 43.4 Å². The average molecular weight is 261 g/mol. The van der Waals surface area contributed by atoms with Crippen molar-refractivity contribution >= 4 is 72.3 Å². The molecular formula is C11H10KO3S. The largest absolute Gasteiger partial charge is 0.297 e. The second-order valence-electron chi connectivity index (χ2n) is 3.10. The first kappa shape index (κ1) is 14.3. The maximum atomic E-state index is 11.6. The van der Waals surface area contributed by atoms with Crippen molar-refractivity contribution in [1.29, 1.82) is 0 Å². The van der Waals surface area contributed by atoms with E-state index in [1.54, 1.807) is 24.3 Å². The predicted octanol–water partition coefficient (Wildman–Crippen LogP) is 1.79. The Kier molecular flexibility index (Phi) is 5.12. The van der Waals surface area contributed by atoms with Crippen LogP contribution in [0.4, 0.5) is 0 Å². The molecule has 1 radical (unpaired) electrons. The summed E-state index contributed by atoms with van der Waals surface area (Å²) in [6.45, 7) is 0. The number of fused-ring (bicyclic) bond motifs is 1. The summed E-state index contributed by atoms with van der Waals surface area (Å²) in [6.07, 6.45) is 0. The van der Waals surface area contributed by atoms with Gasteiger partial charge in [-0.25, -0.2) is 0 Å². The van der Waals surface area contributed by atoms with E-state index in [1.807, 2.05) is 18.2 Å². The second kappa shape index (κ2) is 5.73. The zero-order valence-corrected chi connectivity index (χ0v) is 13.1. The minimum absolute atomic E-state index is 0. The summed E-state index contributed by atoms with van der Waals surface area (Å²) in [6, 6.07) is 12.4. The van der Waals surface area contributed by atoms with Crippen molar-refractivity contribution in [2.45, 2.75) is 4.90 Å². The molecular weight excluding hydrogens is 251 g/mol. The van der Waals surface area contributed by atoms with E-state index in [1.165, 1.54) is 0 Å². The molecule has 3 nitrogen and oxygen atoms in total. The van der Waals surface area contributed by atoms with Crippen molar-refractivity contribution in [2.75, 3.05) is 7.11 Å². The van der Waals surface area contributed by atoms with Gasteiger partial charge in [0, 0.05) is 56.8 Å². The molecule has 2 aromatic rings. The first-order valence-electron chi connectivity index (χ1n) is 4.43. The van der Waals surface area contributed by atoms with Crippen LogP contribution in [0, 0.1) is 0 Å². The predicted molar refractivity (Wildman–Crippen MR) is 63.9 cm³/mol. The van der Waals surface area contributed by atoms with E-state index >= 15 is 0 Å². The van der Waals surface area contributed by atoms with Crippen molar-refractivity contribution in [3.8, 4) is 0 Å². The Hall–Kier alpha value is 0.246. The van der Waals surface area contributed by atoms with E-state index in [4.69, 9.17) is 0 Å². The van der Waals surface area contributed by atoms with Crippen LogP contribution in [-0.2, 0) is 14.3 Å². The molecule has 2 rings (SSSR count). The molecule has 0 amide bonds. The van der Waals surface area contributed by atoms with Crippen molar-refractivity contribution in [3.63, 3.8) is 0 Å². The van der Waals surface area contributed by atoms with E-state index in [9.17, 15) is 8.42 Å². The zero-order valence-electron chi connectivity index (χ0n) is 9.17. The Morgan fingerprint density at radius 1 is 1.00 bits per heavy atom. The van der Waals surface area contributed by atoms with Gasteiger partial charge < -0.3 is 0 Å². The smallest absolute Gasteiger partial charge is 0.270 e. The van der Waals surface area contributed by atoms with Crippen LogP contribution >= 0.6 is 0 Å². The minimum Gasteiger partial charge on any atom is -0.270 e. The molecule has 0 aliphatic rings. The first-order chi connectivity index (χ1) is 7.15. The molecule has 0 heterocycles. The first-order valence-corrected chi connectivity index (χ1v) is 5.84. The van der Waals surface area contributed by atoms with E-state index in [2.05, 4.69) is 4.18 Å². The third kappa shape index (κ3) is 2.73. The number of hydrogen-bond acceptors (Lipinski definition) is 3. The standard InChI is InChI=1S/C11H10O3S.K/c1-14-15(12,13)11-8-4-6-9-5-2-3-7-10(9)11;/h2-8H,1H3;. The molecule has 0 spiro atoms. The quantitative estimate of drug-likeness (QED) is 0.611. The van der Waals surface area contributed by atoms with Gasteiger partial charge in [0.05, 0.1) is 7.11 Å². The van der Waals surface area contributed by atoms with Crippen LogP contribution in [-0.4, -0.2) is 66.9 Å². The Morgan fingerprint density at radius 2 is 1.62 bits per heavy atom. The molecule has 0 aliphatic heterocycles. The Balaban J connectivity index is 0.00000128. The molecule has 0 saturated heterocycles. The molecule has 0 unspecified atom stereocenters. The Bertz CT molecular complexity index is 588. The fourth-order valence-electron chi connectivity index (χ4n) is 1.50. The van der Waals surface area contributed by atoms with Crippen LogP contribution in [0.15, 0.2) is 47.4 Å². The van der Waals surface area contributed by atoms with Crippen LogP contribution in [0.1, 0.15) is 0 Å². The fourth-order valence-corrected chi connectivity index (χ4v) is 2.38.